The Balaban J connectivity index is 1.94. The second-order valence-electron chi connectivity index (χ2n) is 4.85. The average molecular weight is 307 g/mol. The van der Waals surface area contributed by atoms with Crippen molar-refractivity contribution in [3.05, 3.63) is 46.2 Å². The molecule has 1 heterocycles. The zero-order chi connectivity index (χ0) is 12.7. The Morgan fingerprint density at radius 3 is 2.78 bits per heavy atom. The lowest BCUT2D eigenvalue weighted by Gasteiger charge is -2.09. The van der Waals surface area contributed by atoms with Crippen LogP contribution in [0.15, 0.2) is 34.9 Å². The Morgan fingerprint density at radius 1 is 1.39 bits per heavy atom. The topological polar surface area (TPSA) is 38.0 Å². The summed E-state index contributed by atoms with van der Waals surface area (Å²) in [6.45, 7) is 1.76. The highest BCUT2D eigenvalue weighted by atomic mass is 79.9. The molecule has 0 saturated heterocycles. The molecule has 0 aliphatic heterocycles. The molecule has 1 N–H and O–H groups in total. The van der Waals surface area contributed by atoms with Gasteiger partial charge in [-0.25, -0.2) is 4.68 Å². The lowest BCUT2D eigenvalue weighted by molar-refractivity contribution is 0.199. The highest BCUT2D eigenvalue weighted by Crippen LogP contribution is 2.39. The van der Waals surface area contributed by atoms with Gasteiger partial charge in [0.15, 0.2) is 0 Å². The van der Waals surface area contributed by atoms with Crippen molar-refractivity contribution in [3.63, 3.8) is 0 Å². The van der Waals surface area contributed by atoms with Crippen molar-refractivity contribution < 1.29 is 5.11 Å². The Morgan fingerprint density at radius 2 is 2.17 bits per heavy atom. The highest BCUT2D eigenvalue weighted by molar-refractivity contribution is 9.10. The van der Waals surface area contributed by atoms with Crippen LogP contribution in [-0.4, -0.2) is 14.9 Å². The van der Waals surface area contributed by atoms with Gasteiger partial charge in [-0.15, -0.1) is 0 Å². The van der Waals surface area contributed by atoms with Gasteiger partial charge in [-0.3, -0.25) is 0 Å². The molecule has 1 saturated carbocycles. The number of rotatable bonds is 3. The Hall–Kier alpha value is -1.13. The van der Waals surface area contributed by atoms with Crippen LogP contribution in [-0.2, 0) is 0 Å². The van der Waals surface area contributed by atoms with Crippen molar-refractivity contribution in [2.45, 2.75) is 31.8 Å². The fourth-order valence-electron chi connectivity index (χ4n) is 2.04. The number of halogens is 1. The minimum Gasteiger partial charge on any atom is -0.389 e. The van der Waals surface area contributed by atoms with E-state index in [0.29, 0.717) is 5.92 Å². The first-order valence-electron chi connectivity index (χ1n) is 6.18. The van der Waals surface area contributed by atoms with Crippen molar-refractivity contribution in [1.82, 2.24) is 9.78 Å². The van der Waals surface area contributed by atoms with E-state index in [1.807, 2.05) is 29.1 Å². The van der Waals surface area contributed by atoms with Gasteiger partial charge >= 0.3 is 0 Å². The monoisotopic (exact) mass is 306 g/mol. The quantitative estimate of drug-likeness (QED) is 0.941. The van der Waals surface area contributed by atoms with E-state index >= 15 is 0 Å². The summed E-state index contributed by atoms with van der Waals surface area (Å²) in [5.41, 5.74) is 3.09. The fourth-order valence-corrected chi connectivity index (χ4v) is 2.62. The van der Waals surface area contributed by atoms with Crippen LogP contribution in [0.3, 0.4) is 0 Å². The van der Waals surface area contributed by atoms with Crippen molar-refractivity contribution in [1.29, 1.82) is 0 Å². The zero-order valence-corrected chi connectivity index (χ0v) is 11.8. The van der Waals surface area contributed by atoms with E-state index in [4.69, 9.17) is 0 Å². The van der Waals surface area contributed by atoms with E-state index < -0.39 is 6.10 Å². The van der Waals surface area contributed by atoms with Gasteiger partial charge in [0, 0.05) is 16.6 Å². The van der Waals surface area contributed by atoms with Crippen LogP contribution >= 0.6 is 15.9 Å². The average Bonchev–Trinajstić information content (AvgIpc) is 3.08. The van der Waals surface area contributed by atoms with Gasteiger partial charge in [-0.1, -0.05) is 6.07 Å². The highest BCUT2D eigenvalue weighted by Gasteiger charge is 2.26. The molecule has 3 nitrogen and oxygen atoms in total. The maximum Gasteiger partial charge on any atom is 0.0787 e. The fraction of sp³-hybridized carbons (Fsp3) is 0.357. The van der Waals surface area contributed by atoms with Crippen molar-refractivity contribution >= 4 is 15.9 Å². The van der Waals surface area contributed by atoms with E-state index in [-0.39, 0.29) is 0 Å². The van der Waals surface area contributed by atoms with Crippen LogP contribution in [0.5, 0.6) is 0 Å². The Bertz CT molecular complexity index is 573. The maximum absolute atomic E-state index is 9.55. The summed E-state index contributed by atoms with van der Waals surface area (Å²) >= 11 is 3.54. The lowest BCUT2D eigenvalue weighted by Crippen LogP contribution is -1.99. The molecule has 1 aromatic heterocycles. The molecule has 4 heteroatoms. The second kappa shape index (κ2) is 4.52. The molecule has 2 aromatic rings. The molecule has 0 amide bonds. The SMILES string of the molecule is C[C@@H](O)c1ccc(-n2ccc(C3CC3)n2)c(Br)c1. The largest absolute Gasteiger partial charge is 0.389 e. The van der Waals surface area contributed by atoms with Crippen LogP contribution in [0.1, 0.15) is 43.0 Å². The predicted molar refractivity (Wildman–Crippen MR) is 73.9 cm³/mol. The van der Waals surface area contributed by atoms with Gasteiger partial charge in [0.1, 0.15) is 0 Å². The molecule has 18 heavy (non-hydrogen) atoms. The van der Waals surface area contributed by atoms with Crippen LogP contribution < -0.4 is 0 Å². The van der Waals surface area contributed by atoms with Crippen molar-refractivity contribution in [2.24, 2.45) is 0 Å². The molecule has 0 spiro atoms. The van der Waals surface area contributed by atoms with Crippen LogP contribution in [0.2, 0.25) is 0 Å². The van der Waals surface area contributed by atoms with Gasteiger partial charge in [0.2, 0.25) is 0 Å². The summed E-state index contributed by atoms with van der Waals surface area (Å²) in [7, 11) is 0. The van der Waals surface area contributed by atoms with Gasteiger partial charge < -0.3 is 5.11 Å². The normalized spacial score (nSPS) is 16.8. The van der Waals surface area contributed by atoms with Crippen molar-refractivity contribution in [2.75, 3.05) is 0 Å². The molecule has 0 radical (unpaired) electrons. The number of aliphatic hydroxyl groups is 1. The summed E-state index contributed by atoms with van der Waals surface area (Å²) in [6, 6.07) is 7.95. The maximum atomic E-state index is 9.55. The molecular formula is C14H15BrN2O. The molecule has 1 fully saturated rings. The third kappa shape index (κ3) is 2.22. The number of aromatic nitrogens is 2. The third-order valence-corrected chi connectivity index (χ3v) is 3.94. The first kappa shape index (κ1) is 11.9. The summed E-state index contributed by atoms with van der Waals surface area (Å²) in [4.78, 5) is 0. The predicted octanol–water partition coefficient (Wildman–Crippen LogP) is 3.57. The smallest absolute Gasteiger partial charge is 0.0787 e. The second-order valence-corrected chi connectivity index (χ2v) is 5.70. The van der Waals surface area contributed by atoms with E-state index in [0.717, 1.165) is 15.7 Å². The number of benzene rings is 1. The van der Waals surface area contributed by atoms with Crippen molar-refractivity contribution in [3.8, 4) is 5.69 Å². The molecule has 94 valence electrons. The van der Waals surface area contributed by atoms with E-state index in [2.05, 4.69) is 27.1 Å². The third-order valence-electron chi connectivity index (χ3n) is 3.31. The summed E-state index contributed by atoms with van der Waals surface area (Å²) in [5.74, 6) is 0.668. The summed E-state index contributed by atoms with van der Waals surface area (Å²) in [5, 5.41) is 14.2. The molecule has 1 aliphatic carbocycles. The van der Waals surface area contributed by atoms with Gasteiger partial charge in [-0.05, 0) is 59.5 Å². The number of hydrogen-bond acceptors (Lipinski definition) is 2. The molecule has 0 bridgehead atoms. The van der Waals surface area contributed by atoms with E-state index in [9.17, 15) is 5.11 Å². The Labute approximate surface area is 115 Å². The Kier molecular flexibility index (Phi) is 2.99. The number of nitrogens with zero attached hydrogens (tertiary/aromatic N) is 2. The van der Waals surface area contributed by atoms with Crippen LogP contribution in [0.25, 0.3) is 5.69 Å². The lowest BCUT2D eigenvalue weighted by atomic mass is 10.1. The zero-order valence-electron chi connectivity index (χ0n) is 10.2. The number of hydrogen-bond donors (Lipinski definition) is 1. The first-order valence-corrected chi connectivity index (χ1v) is 6.98. The van der Waals surface area contributed by atoms with Gasteiger partial charge in [-0.2, -0.15) is 5.10 Å². The molecule has 1 aromatic carbocycles. The molecule has 3 rings (SSSR count). The molecule has 0 unspecified atom stereocenters. The summed E-state index contributed by atoms with van der Waals surface area (Å²) in [6.07, 6.45) is 4.07. The van der Waals surface area contributed by atoms with E-state index in [1.165, 1.54) is 18.5 Å². The minimum absolute atomic E-state index is 0.449. The van der Waals surface area contributed by atoms with Gasteiger partial charge in [0.25, 0.3) is 0 Å². The standard InChI is InChI=1S/C14H15BrN2O/c1-9(18)11-4-5-14(12(15)8-11)17-7-6-13(16-17)10-2-3-10/h4-10,18H,2-3H2,1H3/t9-/m1/s1. The van der Waals surface area contributed by atoms with Gasteiger partial charge in [0.05, 0.1) is 17.5 Å². The molecule has 1 atom stereocenters. The minimum atomic E-state index is -0.449. The van der Waals surface area contributed by atoms with Crippen LogP contribution in [0, 0.1) is 0 Å². The molecule has 1 aliphatic rings. The number of aliphatic hydroxyl groups excluding tert-OH is 1. The first-order chi connectivity index (χ1) is 8.65. The summed E-state index contributed by atoms with van der Waals surface area (Å²) < 4.78 is 2.84. The molecular weight excluding hydrogens is 292 g/mol. The van der Waals surface area contributed by atoms with E-state index in [1.54, 1.807) is 6.92 Å². The van der Waals surface area contributed by atoms with Crippen LogP contribution in [0.4, 0.5) is 0 Å².